The zero-order chi connectivity index (χ0) is 20.9. The molecule has 0 bridgehead atoms. The van der Waals surface area contributed by atoms with Crippen molar-refractivity contribution in [3.05, 3.63) is 90.2 Å². The molecule has 0 aliphatic rings. The number of rotatable bonds is 6. The van der Waals surface area contributed by atoms with Gasteiger partial charge >= 0.3 is 5.97 Å². The fraction of sp³-hybridized carbons (Fsp3) is 0.0909. The lowest BCUT2D eigenvalue weighted by Crippen LogP contribution is -2.16. The third-order valence-electron chi connectivity index (χ3n) is 4.23. The summed E-state index contributed by atoms with van der Waals surface area (Å²) in [6.07, 6.45) is 0.613. The molecular weight excluding hydrogens is 386 g/mol. The number of ether oxygens (including phenoxy) is 1. The van der Waals surface area contributed by atoms with Crippen molar-refractivity contribution in [2.75, 3.05) is 5.32 Å². The summed E-state index contributed by atoms with van der Waals surface area (Å²) in [4.78, 5) is 24.9. The van der Waals surface area contributed by atoms with Gasteiger partial charge in [0.05, 0.1) is 17.5 Å². The molecule has 4 rings (SSSR count). The summed E-state index contributed by atoms with van der Waals surface area (Å²) in [6.45, 7) is 1.63. The number of carbonyl (C=O) groups is 2. The smallest absolute Gasteiger partial charge is 0.341 e. The SMILES string of the molecule is C[C@@H](OC(=O)c1ccccc1NC(=O)c1ccco1)c1nnc(-c2ccccc2)o1. The number of amides is 1. The number of benzene rings is 2. The molecule has 150 valence electrons. The highest BCUT2D eigenvalue weighted by Crippen LogP contribution is 2.24. The van der Waals surface area contributed by atoms with E-state index in [2.05, 4.69) is 15.5 Å². The highest BCUT2D eigenvalue weighted by Gasteiger charge is 2.22. The zero-order valence-corrected chi connectivity index (χ0v) is 15.9. The van der Waals surface area contributed by atoms with Gasteiger partial charge in [-0.2, -0.15) is 0 Å². The Hall–Kier alpha value is -4.20. The Morgan fingerprint density at radius 3 is 2.50 bits per heavy atom. The number of nitrogens with zero attached hydrogens (tertiary/aromatic N) is 2. The number of esters is 1. The van der Waals surface area contributed by atoms with Gasteiger partial charge in [-0.3, -0.25) is 4.79 Å². The molecule has 0 saturated heterocycles. The third kappa shape index (κ3) is 4.12. The van der Waals surface area contributed by atoms with Gasteiger partial charge in [0, 0.05) is 5.56 Å². The molecular formula is C22H17N3O5. The van der Waals surface area contributed by atoms with Crippen molar-refractivity contribution < 1.29 is 23.2 Å². The lowest BCUT2D eigenvalue weighted by molar-refractivity contribution is 0.0281. The minimum atomic E-state index is -0.781. The Balaban J connectivity index is 1.48. The standard InChI is InChI=1S/C22H17N3O5/c1-14(20-24-25-21(30-20)15-8-3-2-4-9-15)29-22(27)16-10-5-6-11-17(16)23-19(26)18-12-7-13-28-18/h2-14H,1H3,(H,23,26)/t14-/m1/s1. The number of carbonyl (C=O) groups excluding carboxylic acids is 2. The summed E-state index contributed by atoms with van der Waals surface area (Å²) in [5.41, 5.74) is 1.25. The monoisotopic (exact) mass is 403 g/mol. The van der Waals surface area contributed by atoms with Crippen LogP contribution in [0.2, 0.25) is 0 Å². The van der Waals surface area contributed by atoms with E-state index in [4.69, 9.17) is 13.6 Å². The van der Waals surface area contributed by atoms with E-state index in [1.54, 1.807) is 37.3 Å². The van der Waals surface area contributed by atoms with E-state index in [1.165, 1.54) is 12.3 Å². The number of aromatic nitrogens is 2. The van der Waals surface area contributed by atoms with Crippen molar-refractivity contribution in [2.45, 2.75) is 13.0 Å². The van der Waals surface area contributed by atoms with Crippen LogP contribution in [0.25, 0.3) is 11.5 Å². The molecule has 0 aliphatic carbocycles. The van der Waals surface area contributed by atoms with Crippen LogP contribution in [0, 0.1) is 0 Å². The van der Waals surface area contributed by atoms with Gasteiger partial charge in [0.25, 0.3) is 11.8 Å². The van der Waals surface area contributed by atoms with E-state index in [-0.39, 0.29) is 17.2 Å². The molecule has 0 fully saturated rings. The minimum absolute atomic E-state index is 0.130. The van der Waals surface area contributed by atoms with Crippen molar-refractivity contribution in [1.29, 1.82) is 0 Å². The number of hydrogen-bond acceptors (Lipinski definition) is 7. The normalized spacial score (nSPS) is 11.6. The molecule has 30 heavy (non-hydrogen) atoms. The fourth-order valence-electron chi connectivity index (χ4n) is 2.73. The lowest BCUT2D eigenvalue weighted by atomic mass is 10.1. The van der Waals surface area contributed by atoms with Crippen molar-refractivity contribution >= 4 is 17.6 Å². The average Bonchev–Trinajstić information content (AvgIpc) is 3.47. The summed E-state index contributed by atoms with van der Waals surface area (Å²) >= 11 is 0. The van der Waals surface area contributed by atoms with Gasteiger partial charge in [0.15, 0.2) is 11.9 Å². The van der Waals surface area contributed by atoms with Crippen LogP contribution < -0.4 is 5.32 Å². The molecule has 2 aromatic carbocycles. The van der Waals surface area contributed by atoms with Crippen LogP contribution in [-0.2, 0) is 4.74 Å². The van der Waals surface area contributed by atoms with Gasteiger partial charge in [0.2, 0.25) is 5.89 Å². The van der Waals surface area contributed by atoms with Gasteiger partial charge in [-0.05, 0) is 43.3 Å². The molecule has 0 spiro atoms. The predicted molar refractivity (Wildman–Crippen MR) is 107 cm³/mol. The first-order valence-electron chi connectivity index (χ1n) is 9.15. The molecule has 1 N–H and O–H groups in total. The van der Waals surface area contributed by atoms with E-state index in [0.717, 1.165) is 5.56 Å². The van der Waals surface area contributed by atoms with Crippen LogP contribution in [0.1, 0.15) is 39.8 Å². The summed E-state index contributed by atoms with van der Waals surface area (Å²) in [5.74, 6) is -0.486. The first-order chi connectivity index (χ1) is 14.6. The third-order valence-corrected chi connectivity index (χ3v) is 4.23. The van der Waals surface area contributed by atoms with Gasteiger partial charge in [-0.1, -0.05) is 30.3 Å². The fourth-order valence-corrected chi connectivity index (χ4v) is 2.73. The van der Waals surface area contributed by atoms with Gasteiger partial charge in [-0.25, -0.2) is 4.79 Å². The quantitative estimate of drug-likeness (QED) is 0.472. The zero-order valence-electron chi connectivity index (χ0n) is 15.9. The summed E-state index contributed by atoms with van der Waals surface area (Å²) in [7, 11) is 0. The Bertz CT molecular complexity index is 1150. The molecule has 0 aliphatic heterocycles. The first kappa shape index (κ1) is 19.1. The molecule has 2 aromatic heterocycles. The first-order valence-corrected chi connectivity index (χ1v) is 9.15. The summed E-state index contributed by atoms with van der Waals surface area (Å²) in [5, 5.41) is 10.6. The van der Waals surface area contributed by atoms with Crippen LogP contribution in [0.15, 0.2) is 81.8 Å². The molecule has 4 aromatic rings. The van der Waals surface area contributed by atoms with Crippen molar-refractivity contribution in [3.63, 3.8) is 0 Å². The second-order valence-electron chi connectivity index (χ2n) is 6.34. The predicted octanol–water partition coefficient (Wildman–Crippen LogP) is 4.50. The molecule has 0 unspecified atom stereocenters. The van der Waals surface area contributed by atoms with Crippen LogP contribution in [0.5, 0.6) is 0 Å². The topological polar surface area (TPSA) is 107 Å². The summed E-state index contributed by atoms with van der Waals surface area (Å²) < 4.78 is 16.2. The largest absolute Gasteiger partial charge is 0.459 e. The second-order valence-corrected chi connectivity index (χ2v) is 6.34. The van der Waals surface area contributed by atoms with E-state index >= 15 is 0 Å². The maximum absolute atomic E-state index is 12.7. The van der Waals surface area contributed by atoms with Crippen molar-refractivity contribution in [1.82, 2.24) is 10.2 Å². The molecule has 8 heteroatoms. The van der Waals surface area contributed by atoms with E-state index in [1.807, 2.05) is 30.3 Å². The number of anilines is 1. The maximum Gasteiger partial charge on any atom is 0.341 e. The van der Waals surface area contributed by atoms with Gasteiger partial charge < -0.3 is 18.9 Å². The van der Waals surface area contributed by atoms with E-state index < -0.39 is 18.0 Å². The molecule has 2 heterocycles. The van der Waals surface area contributed by atoms with Crippen LogP contribution in [0.3, 0.4) is 0 Å². The van der Waals surface area contributed by atoms with Crippen molar-refractivity contribution in [3.8, 4) is 11.5 Å². The highest BCUT2D eigenvalue weighted by atomic mass is 16.6. The Morgan fingerprint density at radius 2 is 1.73 bits per heavy atom. The van der Waals surface area contributed by atoms with Gasteiger partial charge in [-0.15, -0.1) is 10.2 Å². The molecule has 8 nitrogen and oxygen atoms in total. The number of nitrogens with one attached hydrogen (secondary N) is 1. The average molecular weight is 403 g/mol. The number of hydrogen-bond donors (Lipinski definition) is 1. The van der Waals surface area contributed by atoms with E-state index in [9.17, 15) is 9.59 Å². The van der Waals surface area contributed by atoms with Crippen LogP contribution in [0.4, 0.5) is 5.69 Å². The lowest BCUT2D eigenvalue weighted by Gasteiger charge is -2.12. The molecule has 0 radical (unpaired) electrons. The maximum atomic E-state index is 12.7. The second kappa shape index (κ2) is 8.44. The minimum Gasteiger partial charge on any atom is -0.459 e. The van der Waals surface area contributed by atoms with E-state index in [0.29, 0.717) is 11.6 Å². The van der Waals surface area contributed by atoms with Gasteiger partial charge in [0.1, 0.15) is 0 Å². The Kier molecular flexibility index (Phi) is 5.38. The van der Waals surface area contributed by atoms with Crippen LogP contribution in [-0.4, -0.2) is 22.1 Å². The highest BCUT2D eigenvalue weighted by molar-refractivity contribution is 6.06. The Morgan fingerprint density at radius 1 is 0.967 bits per heavy atom. The number of furan rings is 1. The van der Waals surface area contributed by atoms with Crippen LogP contribution >= 0.6 is 0 Å². The molecule has 1 atom stereocenters. The van der Waals surface area contributed by atoms with Crippen molar-refractivity contribution in [2.24, 2.45) is 0 Å². The summed E-state index contributed by atoms with van der Waals surface area (Å²) in [6, 6.07) is 18.9. The molecule has 0 saturated carbocycles. The Labute approximate surface area is 171 Å². The number of para-hydroxylation sites is 1. The molecule has 1 amide bonds.